The van der Waals surface area contributed by atoms with E-state index < -0.39 is 12.1 Å². The number of amides is 1. The van der Waals surface area contributed by atoms with E-state index in [0.717, 1.165) is 0 Å². The molecule has 1 aromatic rings. The largest absolute Gasteiger partial charge is 0.480 e. The highest BCUT2D eigenvalue weighted by Crippen LogP contribution is 2.26. The molecule has 1 aliphatic rings. The Bertz CT molecular complexity index is 503. The summed E-state index contributed by atoms with van der Waals surface area (Å²) in [6, 6.07) is 4.70. The van der Waals surface area contributed by atoms with Gasteiger partial charge in [-0.05, 0) is 18.2 Å². The van der Waals surface area contributed by atoms with Crippen LogP contribution in [0.1, 0.15) is 16.8 Å². The van der Waals surface area contributed by atoms with Crippen molar-refractivity contribution >= 4 is 27.8 Å². The van der Waals surface area contributed by atoms with Crippen LogP contribution < -0.4 is 4.74 Å². The molecular weight excluding hydrogens is 302 g/mol. The molecule has 1 aliphatic heterocycles. The Kier molecular flexibility index (Phi) is 3.56. The van der Waals surface area contributed by atoms with Crippen LogP contribution in [0.4, 0.5) is 0 Å². The van der Waals surface area contributed by atoms with Gasteiger partial charge < -0.3 is 14.7 Å². The fraction of sp³-hybridized carbons (Fsp3) is 0.333. The summed E-state index contributed by atoms with van der Waals surface area (Å²) in [6.45, 7) is 0.627. The molecule has 0 bridgehead atoms. The number of carbonyl (C=O) groups is 2. The van der Waals surface area contributed by atoms with Crippen LogP contribution in [0.2, 0.25) is 0 Å². The molecule has 6 heteroatoms. The minimum atomic E-state index is -1.08. The van der Waals surface area contributed by atoms with Gasteiger partial charge in [-0.1, -0.05) is 15.9 Å². The average Bonchev–Trinajstić information content (AvgIpc) is 2.63. The number of aromatic carboxylic acids is 1. The van der Waals surface area contributed by atoms with Gasteiger partial charge in [0.2, 0.25) is 0 Å². The first-order valence-corrected chi connectivity index (χ1v) is 6.23. The van der Waals surface area contributed by atoms with E-state index in [0.29, 0.717) is 17.4 Å². The lowest BCUT2D eigenvalue weighted by Crippen LogP contribution is -2.29. The highest BCUT2D eigenvalue weighted by atomic mass is 79.9. The summed E-state index contributed by atoms with van der Waals surface area (Å²) in [5, 5.41) is 9.09. The highest BCUT2D eigenvalue weighted by Gasteiger charge is 2.31. The number of nitrogens with zero attached hydrogens (tertiary/aromatic N) is 1. The first-order chi connectivity index (χ1) is 8.49. The molecule has 1 saturated heterocycles. The molecular formula is C12H12BrNO4. The minimum Gasteiger partial charge on any atom is -0.480 e. The molecule has 1 aromatic carbocycles. The van der Waals surface area contributed by atoms with Crippen molar-refractivity contribution in [2.45, 2.75) is 12.5 Å². The molecule has 1 unspecified atom stereocenters. The van der Waals surface area contributed by atoms with Gasteiger partial charge in [-0.15, -0.1) is 0 Å². The normalized spacial score (nSPS) is 19.1. The van der Waals surface area contributed by atoms with E-state index >= 15 is 0 Å². The maximum atomic E-state index is 11.7. The number of likely N-dealkylation sites (tertiary alicyclic amines) is 1. The highest BCUT2D eigenvalue weighted by molar-refractivity contribution is 9.10. The number of benzene rings is 1. The van der Waals surface area contributed by atoms with Crippen LogP contribution in [0, 0.1) is 0 Å². The van der Waals surface area contributed by atoms with Crippen molar-refractivity contribution in [2.24, 2.45) is 0 Å². The van der Waals surface area contributed by atoms with Crippen LogP contribution in [0.3, 0.4) is 0 Å². The molecule has 1 atom stereocenters. The zero-order valence-electron chi connectivity index (χ0n) is 9.72. The summed E-state index contributed by atoms with van der Waals surface area (Å²) in [7, 11) is 1.70. The second-order valence-corrected chi connectivity index (χ2v) is 5.02. The predicted molar refractivity (Wildman–Crippen MR) is 67.8 cm³/mol. The zero-order chi connectivity index (χ0) is 13.3. The fourth-order valence-corrected chi connectivity index (χ4v) is 2.19. The number of hydrogen-bond donors (Lipinski definition) is 1. The van der Waals surface area contributed by atoms with Crippen molar-refractivity contribution in [3.05, 3.63) is 28.2 Å². The number of ether oxygens (including phenoxy) is 1. The third-order valence-electron chi connectivity index (χ3n) is 2.82. The monoisotopic (exact) mass is 313 g/mol. The summed E-state index contributed by atoms with van der Waals surface area (Å²) in [5.41, 5.74) is 0.0479. The van der Waals surface area contributed by atoms with Gasteiger partial charge in [0.05, 0.1) is 0 Å². The van der Waals surface area contributed by atoms with Crippen LogP contribution >= 0.6 is 15.9 Å². The number of carbonyl (C=O) groups excluding carboxylic acids is 1. The Morgan fingerprint density at radius 3 is 2.83 bits per heavy atom. The third kappa shape index (κ3) is 2.48. The lowest BCUT2D eigenvalue weighted by molar-refractivity contribution is -0.132. The van der Waals surface area contributed by atoms with Crippen molar-refractivity contribution in [3.63, 3.8) is 0 Å². The second kappa shape index (κ2) is 4.97. The van der Waals surface area contributed by atoms with E-state index in [2.05, 4.69) is 15.9 Å². The first kappa shape index (κ1) is 12.9. The number of rotatable bonds is 3. The lowest BCUT2D eigenvalue weighted by atomic mass is 10.2. The number of carboxylic acid groups (broad SMARTS) is 1. The molecule has 5 nitrogen and oxygen atoms in total. The van der Waals surface area contributed by atoms with Crippen LogP contribution in [0.25, 0.3) is 0 Å². The topological polar surface area (TPSA) is 66.8 Å². The van der Waals surface area contributed by atoms with Crippen LogP contribution in [-0.4, -0.2) is 41.6 Å². The molecule has 1 heterocycles. The smallest absolute Gasteiger partial charge is 0.339 e. The van der Waals surface area contributed by atoms with E-state index in [1.807, 2.05) is 0 Å². The summed E-state index contributed by atoms with van der Waals surface area (Å²) in [6.07, 6.45) is -0.0148. The molecule has 0 aliphatic carbocycles. The predicted octanol–water partition coefficient (Wildman–Crippen LogP) is 1.76. The Labute approximate surface area is 112 Å². The lowest BCUT2D eigenvalue weighted by Gasteiger charge is -2.14. The third-order valence-corrected chi connectivity index (χ3v) is 3.31. The van der Waals surface area contributed by atoms with Gasteiger partial charge in [-0.2, -0.15) is 0 Å². The summed E-state index contributed by atoms with van der Waals surface area (Å²) >= 11 is 3.20. The maximum Gasteiger partial charge on any atom is 0.339 e. The first-order valence-electron chi connectivity index (χ1n) is 5.43. The van der Waals surface area contributed by atoms with Crippen LogP contribution in [0.15, 0.2) is 22.7 Å². The Morgan fingerprint density at radius 1 is 1.56 bits per heavy atom. The van der Waals surface area contributed by atoms with Crippen molar-refractivity contribution in [3.8, 4) is 5.75 Å². The molecule has 1 amide bonds. The van der Waals surface area contributed by atoms with Gasteiger partial charge in [0, 0.05) is 24.5 Å². The van der Waals surface area contributed by atoms with Crippen molar-refractivity contribution < 1.29 is 19.4 Å². The summed E-state index contributed by atoms with van der Waals surface area (Å²) < 4.78 is 6.17. The van der Waals surface area contributed by atoms with Gasteiger partial charge in [-0.3, -0.25) is 4.79 Å². The molecule has 0 saturated carbocycles. The molecule has 0 aromatic heterocycles. The van der Waals surface area contributed by atoms with E-state index in [4.69, 9.17) is 9.84 Å². The second-order valence-electron chi connectivity index (χ2n) is 4.10. The molecule has 0 spiro atoms. The summed E-state index contributed by atoms with van der Waals surface area (Å²) in [4.78, 5) is 24.4. The minimum absolute atomic E-state index is 0.0479. The number of carboxylic acids is 1. The Balaban J connectivity index is 2.24. The molecule has 1 fully saturated rings. The van der Waals surface area contributed by atoms with Gasteiger partial charge in [-0.25, -0.2) is 4.79 Å². The quantitative estimate of drug-likeness (QED) is 0.923. The van der Waals surface area contributed by atoms with Gasteiger partial charge in [0.1, 0.15) is 11.3 Å². The number of halogens is 1. The van der Waals surface area contributed by atoms with Crippen LogP contribution in [-0.2, 0) is 4.79 Å². The van der Waals surface area contributed by atoms with Gasteiger partial charge in [0.25, 0.3) is 5.91 Å². The SMILES string of the molecule is CN1CCC(Oc2ccc(Br)cc2C(=O)O)C1=O. The van der Waals surface area contributed by atoms with E-state index in [1.54, 1.807) is 24.1 Å². The van der Waals surface area contributed by atoms with Crippen LogP contribution in [0.5, 0.6) is 5.75 Å². The summed E-state index contributed by atoms with van der Waals surface area (Å²) in [5.74, 6) is -0.973. The fourth-order valence-electron chi connectivity index (χ4n) is 1.83. The number of likely N-dealkylation sites (N-methyl/N-ethyl adjacent to an activating group) is 1. The van der Waals surface area contributed by atoms with Gasteiger partial charge in [0.15, 0.2) is 6.10 Å². The number of hydrogen-bond acceptors (Lipinski definition) is 3. The molecule has 96 valence electrons. The van der Waals surface area contributed by atoms with Crippen molar-refractivity contribution in [1.29, 1.82) is 0 Å². The maximum absolute atomic E-state index is 11.7. The Morgan fingerprint density at radius 2 is 2.28 bits per heavy atom. The van der Waals surface area contributed by atoms with E-state index in [1.165, 1.54) is 6.07 Å². The van der Waals surface area contributed by atoms with Gasteiger partial charge >= 0.3 is 5.97 Å². The standard InChI is InChI=1S/C12H12BrNO4/c1-14-5-4-10(11(14)15)18-9-3-2-7(13)6-8(9)12(16)17/h2-3,6,10H,4-5H2,1H3,(H,16,17). The van der Waals surface area contributed by atoms with E-state index in [-0.39, 0.29) is 17.2 Å². The molecule has 2 rings (SSSR count). The Hall–Kier alpha value is -1.56. The molecule has 18 heavy (non-hydrogen) atoms. The zero-order valence-corrected chi connectivity index (χ0v) is 11.3. The van der Waals surface area contributed by atoms with Crippen molar-refractivity contribution in [1.82, 2.24) is 4.90 Å². The molecule has 1 N–H and O–H groups in total. The van der Waals surface area contributed by atoms with Crippen molar-refractivity contribution in [2.75, 3.05) is 13.6 Å². The van der Waals surface area contributed by atoms with E-state index in [9.17, 15) is 9.59 Å². The molecule has 0 radical (unpaired) electrons. The average molecular weight is 314 g/mol.